The fraction of sp³-hybridized carbons (Fsp3) is 0.500. The summed E-state index contributed by atoms with van der Waals surface area (Å²) in [4.78, 5) is 32.0. The maximum atomic E-state index is 12.6. The fourth-order valence-corrected chi connectivity index (χ4v) is 3.34. The number of aliphatic hydroxyl groups is 3. The summed E-state index contributed by atoms with van der Waals surface area (Å²) in [6.07, 6.45) is -4.96. The van der Waals surface area contributed by atoms with Gasteiger partial charge >= 0.3 is 17.9 Å². The van der Waals surface area contributed by atoms with E-state index >= 15 is 0 Å². The van der Waals surface area contributed by atoms with Crippen LogP contribution in [0.25, 0.3) is 0 Å². The van der Waals surface area contributed by atoms with Crippen LogP contribution < -0.4 is 4.74 Å². The van der Waals surface area contributed by atoms with Gasteiger partial charge in [0.25, 0.3) is 0 Å². The second-order valence-corrected chi connectivity index (χ2v) is 8.77. The molecule has 0 unspecified atom stereocenters. The zero-order chi connectivity index (χ0) is 42.4. The highest BCUT2D eigenvalue weighted by atomic mass is 16.5. The first-order valence-electron chi connectivity index (χ1n) is 18.9. The van der Waals surface area contributed by atoms with Gasteiger partial charge in [-0.05, 0) is 63.6 Å². The number of carbonyl (C=O) groups is 3. The summed E-state index contributed by atoms with van der Waals surface area (Å²) in [6.45, 7) is -13.4. The number of ether oxygens (including phenoxy) is 1. The highest BCUT2D eigenvalue weighted by molar-refractivity contribution is 5.83. The third kappa shape index (κ3) is 10.7. The molecule has 0 aliphatic rings. The van der Waals surface area contributed by atoms with Gasteiger partial charge in [-0.25, -0.2) is 9.59 Å². The second-order valence-electron chi connectivity index (χ2n) is 8.77. The van der Waals surface area contributed by atoms with E-state index in [-0.39, 0.29) is 16.2 Å². The number of benzene rings is 2. The summed E-state index contributed by atoms with van der Waals surface area (Å²) >= 11 is 0. The molecule has 40 heavy (non-hydrogen) atoms. The Morgan fingerprint density at radius 1 is 0.925 bits per heavy atom. The lowest BCUT2D eigenvalue weighted by Gasteiger charge is -2.32. The molecule has 0 aliphatic heterocycles. The van der Waals surface area contributed by atoms with Crippen molar-refractivity contribution in [3.63, 3.8) is 0 Å². The summed E-state index contributed by atoms with van der Waals surface area (Å²) in [7, 11) is 0. The van der Waals surface area contributed by atoms with Crippen LogP contribution in [0.2, 0.25) is 0 Å². The molecule has 0 saturated carbocycles. The lowest BCUT2D eigenvalue weighted by Crippen LogP contribution is -2.39. The Bertz CT molecular complexity index is 1490. The van der Waals surface area contributed by atoms with Crippen LogP contribution in [0.3, 0.4) is 0 Å². The van der Waals surface area contributed by atoms with Crippen LogP contribution in [0.1, 0.15) is 89.5 Å². The van der Waals surface area contributed by atoms with E-state index in [0.717, 1.165) is 0 Å². The number of carbonyl (C=O) groups excluding carboxylic acids is 1. The van der Waals surface area contributed by atoms with E-state index in [1.807, 2.05) is 0 Å². The highest BCUT2D eigenvalue weighted by Gasteiger charge is 2.29. The molecule has 3 atom stereocenters. The molecular formula is C30H43NO9. The van der Waals surface area contributed by atoms with Crippen molar-refractivity contribution in [1.29, 1.82) is 0 Å². The van der Waals surface area contributed by atoms with Gasteiger partial charge in [-0.1, -0.05) is 50.2 Å². The van der Waals surface area contributed by atoms with Gasteiger partial charge in [-0.3, -0.25) is 9.69 Å². The molecule has 5 N–H and O–H groups in total. The lowest BCUT2D eigenvalue weighted by atomic mass is 9.86. The van der Waals surface area contributed by atoms with Crippen LogP contribution in [-0.2, 0) is 21.0 Å². The van der Waals surface area contributed by atoms with E-state index in [0.29, 0.717) is 11.1 Å². The zero-order valence-electron chi connectivity index (χ0n) is 35.9. The monoisotopic (exact) mass is 575 g/mol. The predicted octanol–water partition coefficient (Wildman–Crippen LogP) is 3.26. The molecule has 2 aromatic rings. The van der Waals surface area contributed by atoms with Crippen LogP contribution in [0, 0.1) is 5.92 Å². The van der Waals surface area contributed by atoms with E-state index in [9.17, 15) is 19.5 Å². The number of aliphatic hydroxyl groups excluding tert-OH is 3. The largest absolute Gasteiger partial charge is 0.479 e. The Labute approximate surface area is 255 Å². The number of aliphatic carboxylic acids is 2. The van der Waals surface area contributed by atoms with Gasteiger partial charge < -0.3 is 30.3 Å². The third-order valence-electron chi connectivity index (χ3n) is 5.50. The average molecular weight is 576 g/mol. The number of esters is 1. The molecule has 0 saturated heterocycles. The molecule has 0 bridgehead atoms. The number of carboxylic acid groups (broad SMARTS) is 2. The molecule has 10 nitrogen and oxygen atoms in total. The van der Waals surface area contributed by atoms with Gasteiger partial charge in [-0.15, -0.1) is 0 Å². The first-order chi connectivity index (χ1) is 24.3. The fourth-order valence-electron chi connectivity index (χ4n) is 3.34. The Balaban J connectivity index is 0.00000127. The molecule has 2 aromatic carbocycles. The SMILES string of the molecule is O=C(O)[C@H](O)[C@@H](O)C(=O)O.[2H]C([2H])([2H])C([2H])(N(CC[C@H](c1ccccc1)c1cc(CO)ccc1OC(=O)C(C)C)C([2H])(C([2H])([2H])[2H])C([2H])([2H])[2H])C([2H])([2H])[2H]. The van der Waals surface area contributed by atoms with E-state index < -0.39 is 101 Å². The summed E-state index contributed by atoms with van der Waals surface area (Å²) in [5.74, 6) is -5.61. The molecule has 10 heteroatoms. The number of nitrogens with zero attached hydrogens (tertiary/aromatic N) is 1. The summed E-state index contributed by atoms with van der Waals surface area (Å²) in [5.41, 5.74) is 1.12. The molecule has 0 radical (unpaired) electrons. The highest BCUT2D eigenvalue weighted by Crippen LogP contribution is 2.36. The van der Waals surface area contributed by atoms with Gasteiger partial charge in [0.1, 0.15) is 5.75 Å². The molecule has 0 aliphatic carbocycles. The van der Waals surface area contributed by atoms with E-state index in [2.05, 4.69) is 0 Å². The smallest absolute Gasteiger partial charge is 0.335 e. The van der Waals surface area contributed by atoms with Crippen LogP contribution in [-0.4, -0.2) is 79.1 Å². The molecule has 0 amide bonds. The van der Waals surface area contributed by atoms with Crippen molar-refractivity contribution in [2.75, 3.05) is 6.54 Å². The number of rotatable bonds is 13. The van der Waals surface area contributed by atoms with E-state index in [4.69, 9.17) is 44.4 Å². The molecule has 0 aromatic heterocycles. The van der Waals surface area contributed by atoms with Crippen LogP contribution in [0.5, 0.6) is 5.75 Å². The minimum Gasteiger partial charge on any atom is -0.479 e. The van der Waals surface area contributed by atoms with E-state index in [1.54, 1.807) is 44.2 Å². The Morgan fingerprint density at radius 2 is 1.48 bits per heavy atom. The van der Waals surface area contributed by atoms with Crippen LogP contribution >= 0.6 is 0 Å². The standard InChI is InChI=1S/C26H37NO3.C4H6O6/c1-18(2)26(29)30-25-13-12-21(17-28)16-24(25)23(22-10-8-7-9-11-22)14-15-27(19(3)4)20(5)6;5-1(3(7)8)2(6)4(9)10/h7-13,16,18-20,23,28H,14-15,17H2,1-6H3;1-2,5-6H,(H,7,8)(H,9,10)/t23-;1-,2-/m11/s1/i3D3,4D3,5D3,6D3,19D,20D;. The first kappa shape index (κ1) is 18.2. The van der Waals surface area contributed by atoms with Gasteiger partial charge in [0.15, 0.2) is 12.2 Å². The third-order valence-corrected chi connectivity index (χ3v) is 5.50. The number of hydrogen-bond donors (Lipinski definition) is 5. The van der Waals surface area contributed by atoms with Crippen molar-refractivity contribution in [1.82, 2.24) is 4.90 Å². The zero-order valence-corrected chi connectivity index (χ0v) is 21.9. The quantitative estimate of drug-likeness (QED) is 0.177. The van der Waals surface area contributed by atoms with Crippen LogP contribution in [0.4, 0.5) is 0 Å². The Hall–Kier alpha value is -3.31. The molecule has 2 rings (SSSR count). The molecular weight excluding hydrogens is 518 g/mol. The second kappa shape index (κ2) is 16.7. The molecule has 0 fully saturated rings. The van der Waals surface area contributed by atoms with Gasteiger partial charge in [-0.2, -0.15) is 0 Å². The number of hydrogen-bond acceptors (Lipinski definition) is 8. The minimum absolute atomic E-state index is 0.0360. The minimum atomic E-state index is -3.86. The van der Waals surface area contributed by atoms with Crippen molar-refractivity contribution >= 4 is 17.9 Å². The van der Waals surface area contributed by atoms with Gasteiger partial charge in [0.05, 0.1) is 12.5 Å². The van der Waals surface area contributed by atoms with Gasteiger partial charge in [0.2, 0.25) is 0 Å². The lowest BCUT2D eigenvalue weighted by molar-refractivity contribution is -0.165. The maximum absolute atomic E-state index is 12.6. The summed E-state index contributed by atoms with van der Waals surface area (Å²) in [6, 6.07) is 4.96. The van der Waals surface area contributed by atoms with Gasteiger partial charge in [0, 0.05) is 42.7 Å². The van der Waals surface area contributed by atoms with Crippen molar-refractivity contribution in [2.45, 2.75) is 84.4 Å². The normalized spacial score (nSPS) is 20.5. The number of carboxylic acids is 2. The van der Waals surface area contributed by atoms with E-state index in [1.165, 1.54) is 18.2 Å². The Morgan fingerprint density at radius 3 is 1.93 bits per heavy atom. The average Bonchev–Trinajstić information content (AvgIpc) is 3.04. The van der Waals surface area contributed by atoms with Crippen molar-refractivity contribution in [3.05, 3.63) is 65.2 Å². The van der Waals surface area contributed by atoms with Crippen molar-refractivity contribution < 1.29 is 63.8 Å². The first-order valence-corrected chi connectivity index (χ1v) is 11.9. The molecule has 0 spiro atoms. The van der Waals surface area contributed by atoms with Crippen molar-refractivity contribution in [3.8, 4) is 5.75 Å². The maximum Gasteiger partial charge on any atom is 0.335 e. The van der Waals surface area contributed by atoms with Crippen LogP contribution in [0.15, 0.2) is 48.5 Å². The molecule has 222 valence electrons. The van der Waals surface area contributed by atoms with Crippen molar-refractivity contribution in [2.24, 2.45) is 5.92 Å². The topological polar surface area (TPSA) is 165 Å². The summed E-state index contributed by atoms with van der Waals surface area (Å²) < 4.78 is 119. The molecule has 0 heterocycles. The predicted molar refractivity (Wildman–Crippen MR) is 150 cm³/mol. The Kier molecular flexibility index (Phi) is 7.60. The summed E-state index contributed by atoms with van der Waals surface area (Å²) in [5, 5.41) is 42.4.